The second-order valence-corrected chi connectivity index (χ2v) is 11.7. The molecule has 0 spiro atoms. The molecule has 1 unspecified atom stereocenters. The van der Waals surface area contributed by atoms with Crippen molar-refractivity contribution in [3.05, 3.63) is 125 Å². The number of aryl methyl sites for hydroxylation is 1. The first-order valence-electron chi connectivity index (χ1n) is 12.2. The zero-order valence-electron chi connectivity index (χ0n) is 23.4. The van der Waals surface area contributed by atoms with Crippen molar-refractivity contribution in [2.75, 3.05) is 0 Å². The van der Waals surface area contributed by atoms with Gasteiger partial charge in [0.25, 0.3) is 0 Å². The molecule has 5 heteroatoms. The van der Waals surface area contributed by atoms with Gasteiger partial charge < -0.3 is 20.2 Å². The summed E-state index contributed by atoms with van der Waals surface area (Å²) in [6.45, 7) is 11.2. The summed E-state index contributed by atoms with van der Waals surface area (Å²) < 4.78 is 1.26. The number of aromatic nitrogens is 1. The van der Waals surface area contributed by atoms with Crippen LogP contribution in [-0.4, -0.2) is 4.98 Å². The molecule has 0 saturated carbocycles. The summed E-state index contributed by atoms with van der Waals surface area (Å²) in [5, 5.41) is 9.83. The van der Waals surface area contributed by atoms with Crippen molar-refractivity contribution in [2.45, 2.75) is 52.5 Å². The number of nitrogens with zero attached hydrogens (tertiary/aromatic N) is 2. The second kappa shape index (κ2) is 13.8. The molecule has 3 aromatic carbocycles. The third-order valence-electron chi connectivity index (χ3n) is 6.41. The predicted octanol–water partition coefficient (Wildman–Crippen LogP) is 11.1. The Bertz CT molecular complexity index is 1420. The number of rotatable bonds is 7. The van der Waals surface area contributed by atoms with Gasteiger partial charge in [0.2, 0.25) is 0 Å². The Labute approximate surface area is 256 Å². The van der Waals surface area contributed by atoms with E-state index in [0.717, 1.165) is 21.8 Å². The Balaban J connectivity index is 0.00000169. The number of fused-ring (bicyclic) bond motifs is 1. The molecule has 1 atom stereocenters. The molecule has 0 aliphatic heterocycles. The molecule has 2 aromatic heterocycles. The van der Waals surface area contributed by atoms with Crippen LogP contribution in [0.25, 0.3) is 26.7 Å². The second-order valence-electron chi connectivity index (χ2n) is 9.55. The van der Waals surface area contributed by atoms with Gasteiger partial charge in [0, 0.05) is 11.1 Å². The van der Waals surface area contributed by atoms with Gasteiger partial charge in [-0.05, 0) is 29.7 Å². The summed E-state index contributed by atoms with van der Waals surface area (Å²) in [4.78, 5) is 6.47. The van der Waals surface area contributed by atoms with Crippen LogP contribution in [-0.2, 0) is 25.8 Å². The Hall–Kier alpha value is -2.08. The third kappa shape index (κ3) is 6.38. The largest absolute Gasteiger partial charge is 4.00 e. The Morgan fingerprint density at radius 3 is 2.13 bits per heavy atom. The van der Waals surface area contributed by atoms with E-state index in [2.05, 4.69) is 107 Å². The standard InChI is InChI=1S/C31H30N2S2.2CH3.Hf/c1-19(2)23-15-11-16-24(20(3)4)30(23)33-29(22-12-7-6-8-13-22)31-32-26(18-34-31)28-21(5)35-27-17-10-9-14-25(27)28;;;/h6-13,15-20,29H,1-5H3;2*1H3;/q-2;2*-1;+4. The molecule has 0 aliphatic carbocycles. The summed E-state index contributed by atoms with van der Waals surface area (Å²) in [5.41, 5.74) is 7.10. The van der Waals surface area contributed by atoms with Crippen LogP contribution in [0.4, 0.5) is 5.69 Å². The minimum atomic E-state index is -0.151. The van der Waals surface area contributed by atoms with Crippen LogP contribution < -0.4 is 0 Å². The van der Waals surface area contributed by atoms with E-state index in [1.807, 2.05) is 17.4 Å². The molecule has 2 heterocycles. The van der Waals surface area contributed by atoms with Crippen molar-refractivity contribution in [1.82, 2.24) is 4.98 Å². The fourth-order valence-corrected chi connectivity index (χ4v) is 6.55. The number of para-hydroxylation sites is 1. The fraction of sp³-hybridized carbons (Fsp3) is 0.242. The molecule has 0 N–H and O–H groups in total. The summed E-state index contributed by atoms with van der Waals surface area (Å²) in [7, 11) is 0. The monoisotopic (exact) mass is 704 g/mol. The number of hydrogen-bond donors (Lipinski definition) is 0. The molecule has 5 rings (SSSR count). The first-order valence-corrected chi connectivity index (χ1v) is 13.9. The van der Waals surface area contributed by atoms with Gasteiger partial charge >= 0.3 is 25.8 Å². The van der Waals surface area contributed by atoms with Gasteiger partial charge in [0.1, 0.15) is 0 Å². The van der Waals surface area contributed by atoms with Crippen molar-refractivity contribution in [3.8, 4) is 11.3 Å². The topological polar surface area (TPSA) is 27.0 Å². The molecule has 5 aromatic rings. The van der Waals surface area contributed by atoms with Crippen LogP contribution in [0.5, 0.6) is 0 Å². The maximum Gasteiger partial charge on any atom is 4.00 e. The van der Waals surface area contributed by atoms with Crippen molar-refractivity contribution < 1.29 is 25.8 Å². The Morgan fingerprint density at radius 1 is 0.842 bits per heavy atom. The summed E-state index contributed by atoms with van der Waals surface area (Å²) >= 11 is 3.51. The first-order chi connectivity index (χ1) is 16.9. The van der Waals surface area contributed by atoms with Gasteiger partial charge in [-0.1, -0.05) is 103 Å². The van der Waals surface area contributed by atoms with E-state index in [-0.39, 0.29) is 46.7 Å². The summed E-state index contributed by atoms with van der Waals surface area (Å²) in [6, 6.07) is 26.7. The normalized spacial score (nSPS) is 11.6. The minimum absolute atomic E-state index is 0. The zero-order valence-corrected chi connectivity index (χ0v) is 28.6. The van der Waals surface area contributed by atoms with Crippen LogP contribution >= 0.6 is 22.7 Å². The van der Waals surface area contributed by atoms with Crippen molar-refractivity contribution >= 4 is 38.4 Å². The SMILES string of the molecule is Cc1sc2ccc[c-]c2c1-c1csc(C([N-]c2c(C(C)C)cccc2C(C)C)c2ccccc2)n1.[CH3-].[CH3-].[Hf+4]. The quantitative estimate of drug-likeness (QED) is 0.122. The molecule has 38 heavy (non-hydrogen) atoms. The number of benzene rings is 3. The summed E-state index contributed by atoms with van der Waals surface area (Å²) in [5.74, 6) is 0.789. The maximum absolute atomic E-state index is 5.46. The average Bonchev–Trinajstić information content (AvgIpc) is 3.46. The van der Waals surface area contributed by atoms with Crippen molar-refractivity contribution in [3.63, 3.8) is 0 Å². The van der Waals surface area contributed by atoms with Gasteiger partial charge in [0.15, 0.2) is 0 Å². The number of hydrogen-bond acceptors (Lipinski definition) is 3. The van der Waals surface area contributed by atoms with Crippen LogP contribution in [0.3, 0.4) is 0 Å². The minimum Gasteiger partial charge on any atom is -0.672 e. The molecule has 0 radical (unpaired) electrons. The van der Waals surface area contributed by atoms with Gasteiger partial charge in [-0.25, -0.2) is 11.3 Å². The molecule has 0 saturated heterocycles. The molecule has 0 bridgehead atoms. The van der Waals surface area contributed by atoms with Crippen LogP contribution in [0.1, 0.15) is 72.1 Å². The zero-order chi connectivity index (χ0) is 24.5. The molecular formula is C33H36HfN2S2. The van der Waals surface area contributed by atoms with E-state index in [4.69, 9.17) is 10.3 Å². The van der Waals surface area contributed by atoms with Gasteiger partial charge in [-0.15, -0.1) is 46.7 Å². The number of thiophene rings is 1. The molecule has 0 aliphatic rings. The smallest absolute Gasteiger partial charge is 0.672 e. The molecule has 194 valence electrons. The predicted molar refractivity (Wildman–Crippen MR) is 165 cm³/mol. The van der Waals surface area contributed by atoms with Crippen molar-refractivity contribution in [1.29, 1.82) is 0 Å². The van der Waals surface area contributed by atoms with E-state index in [9.17, 15) is 0 Å². The van der Waals surface area contributed by atoms with Gasteiger partial charge in [-0.2, -0.15) is 0 Å². The Kier molecular flexibility index (Phi) is 11.7. The average molecular weight is 703 g/mol. The molecule has 0 amide bonds. The van der Waals surface area contributed by atoms with Crippen LogP contribution in [0.2, 0.25) is 0 Å². The van der Waals surface area contributed by atoms with E-state index in [1.165, 1.54) is 31.8 Å². The summed E-state index contributed by atoms with van der Waals surface area (Å²) in [6.07, 6.45) is 0. The molecular weight excluding hydrogens is 667 g/mol. The van der Waals surface area contributed by atoms with Crippen LogP contribution in [0, 0.1) is 27.8 Å². The van der Waals surface area contributed by atoms with E-state index >= 15 is 0 Å². The van der Waals surface area contributed by atoms with E-state index < -0.39 is 0 Å². The molecule has 2 nitrogen and oxygen atoms in total. The van der Waals surface area contributed by atoms with Crippen LogP contribution in [0.15, 0.2) is 72.1 Å². The third-order valence-corrected chi connectivity index (χ3v) is 8.38. The van der Waals surface area contributed by atoms with E-state index in [1.54, 1.807) is 11.3 Å². The Morgan fingerprint density at radius 2 is 1.50 bits per heavy atom. The maximum atomic E-state index is 5.46. The number of thiazole rings is 1. The van der Waals surface area contributed by atoms with Crippen molar-refractivity contribution in [2.24, 2.45) is 0 Å². The van der Waals surface area contributed by atoms with Gasteiger partial charge in [-0.3, -0.25) is 4.98 Å². The van der Waals surface area contributed by atoms with E-state index in [0.29, 0.717) is 11.8 Å². The first kappa shape index (κ1) is 32.1. The fourth-order valence-electron chi connectivity index (χ4n) is 4.63. The van der Waals surface area contributed by atoms with Gasteiger partial charge in [0.05, 0.1) is 5.01 Å². The molecule has 0 fully saturated rings.